The first kappa shape index (κ1) is 20.9. The minimum atomic E-state index is -4.88. The third-order valence-electron chi connectivity index (χ3n) is 4.20. The lowest BCUT2D eigenvalue weighted by Crippen LogP contribution is -2.14. The summed E-state index contributed by atoms with van der Waals surface area (Å²) in [7, 11) is 0. The molecule has 0 spiro atoms. The van der Waals surface area contributed by atoms with E-state index in [1.54, 1.807) is 0 Å². The molecule has 2 N–H and O–H groups in total. The van der Waals surface area contributed by atoms with Gasteiger partial charge in [0.15, 0.2) is 11.6 Å². The molecule has 154 valence electrons. The fourth-order valence-electron chi connectivity index (χ4n) is 2.75. The molecule has 1 amide bonds. The largest absolute Gasteiger partial charge is 0.485 e. The molecule has 0 radical (unpaired) electrons. The molecular formula is C20H13F4N3O3. The first-order valence-electron chi connectivity index (χ1n) is 8.41. The Morgan fingerprint density at radius 3 is 2.43 bits per heavy atom. The number of rotatable bonds is 5. The van der Waals surface area contributed by atoms with E-state index < -0.39 is 35.6 Å². The fraction of sp³-hybridized carbons (Fsp3) is 0.100. The first-order valence-corrected chi connectivity index (χ1v) is 8.41. The van der Waals surface area contributed by atoms with Crippen molar-refractivity contribution in [3.05, 3.63) is 82.1 Å². The van der Waals surface area contributed by atoms with Crippen molar-refractivity contribution >= 4 is 11.7 Å². The van der Waals surface area contributed by atoms with Gasteiger partial charge in [0.25, 0.3) is 0 Å². The number of pyridine rings is 1. The predicted octanol–water partition coefficient (Wildman–Crippen LogP) is 4.97. The molecule has 10 heteroatoms. The Morgan fingerprint density at radius 2 is 1.80 bits per heavy atom. The average molecular weight is 419 g/mol. The highest BCUT2D eigenvalue weighted by Crippen LogP contribution is 2.35. The SMILES string of the molecule is Nc1ncc(-c2ccc(C(=O)N=O)cc2)cc1OCc1cccc(F)c1C(F)(F)F. The quantitative estimate of drug-likeness (QED) is 0.465. The Balaban J connectivity index is 1.86. The van der Waals surface area contributed by atoms with Crippen molar-refractivity contribution in [1.82, 2.24) is 4.98 Å². The molecular weight excluding hydrogens is 406 g/mol. The summed E-state index contributed by atoms with van der Waals surface area (Å²) >= 11 is 0. The predicted molar refractivity (Wildman–Crippen MR) is 99.9 cm³/mol. The minimum absolute atomic E-state index is 0.000373. The monoisotopic (exact) mass is 419 g/mol. The number of nitroso groups, excluding NO2 is 1. The smallest absolute Gasteiger partial charge is 0.419 e. The number of nitrogens with two attached hydrogens (primary N) is 1. The van der Waals surface area contributed by atoms with Crippen molar-refractivity contribution in [1.29, 1.82) is 0 Å². The van der Waals surface area contributed by atoms with E-state index in [-0.39, 0.29) is 17.1 Å². The van der Waals surface area contributed by atoms with Crippen LogP contribution in [0, 0.1) is 10.7 Å². The zero-order chi connectivity index (χ0) is 21.9. The molecule has 0 atom stereocenters. The van der Waals surface area contributed by atoms with Crippen LogP contribution in [-0.2, 0) is 12.8 Å². The van der Waals surface area contributed by atoms with Gasteiger partial charge in [-0.05, 0) is 29.8 Å². The molecule has 0 bridgehead atoms. The molecule has 0 saturated heterocycles. The van der Waals surface area contributed by atoms with Crippen LogP contribution >= 0.6 is 0 Å². The maximum Gasteiger partial charge on any atom is 0.419 e. The van der Waals surface area contributed by atoms with Crippen LogP contribution in [0.1, 0.15) is 21.5 Å². The molecule has 3 aromatic rings. The number of carbonyl (C=O) groups is 1. The van der Waals surface area contributed by atoms with Gasteiger partial charge in [0.2, 0.25) is 0 Å². The van der Waals surface area contributed by atoms with Gasteiger partial charge in [-0.25, -0.2) is 9.37 Å². The Bertz CT molecular complexity index is 1100. The van der Waals surface area contributed by atoms with Crippen molar-refractivity contribution in [2.45, 2.75) is 12.8 Å². The maximum atomic E-state index is 13.7. The normalized spacial score (nSPS) is 11.2. The Kier molecular flexibility index (Phi) is 5.77. The summed E-state index contributed by atoms with van der Waals surface area (Å²) in [5.41, 5.74) is 5.12. The van der Waals surface area contributed by atoms with Crippen molar-refractivity contribution in [2.75, 3.05) is 5.73 Å². The second-order valence-corrected chi connectivity index (χ2v) is 6.14. The number of benzene rings is 2. The van der Waals surface area contributed by atoms with Gasteiger partial charge in [-0.2, -0.15) is 13.2 Å². The number of amides is 1. The lowest BCUT2D eigenvalue weighted by Gasteiger charge is -2.15. The summed E-state index contributed by atoms with van der Waals surface area (Å²) in [4.78, 5) is 25.5. The van der Waals surface area contributed by atoms with E-state index in [4.69, 9.17) is 10.5 Å². The zero-order valence-corrected chi connectivity index (χ0v) is 15.1. The van der Waals surface area contributed by atoms with Crippen LogP contribution in [0.5, 0.6) is 5.75 Å². The molecule has 0 fully saturated rings. The van der Waals surface area contributed by atoms with Gasteiger partial charge >= 0.3 is 12.1 Å². The number of ether oxygens (including phenoxy) is 1. The summed E-state index contributed by atoms with van der Waals surface area (Å²) in [6.45, 7) is -0.583. The molecule has 0 unspecified atom stereocenters. The van der Waals surface area contributed by atoms with Crippen molar-refractivity contribution < 1.29 is 27.1 Å². The van der Waals surface area contributed by atoms with Gasteiger partial charge < -0.3 is 10.5 Å². The van der Waals surface area contributed by atoms with Crippen LogP contribution in [0.3, 0.4) is 0 Å². The van der Waals surface area contributed by atoms with Gasteiger partial charge in [0.05, 0.1) is 5.56 Å². The summed E-state index contributed by atoms with van der Waals surface area (Å²) < 4.78 is 58.5. The fourth-order valence-corrected chi connectivity index (χ4v) is 2.75. The maximum absolute atomic E-state index is 13.7. The highest BCUT2D eigenvalue weighted by molar-refractivity contribution is 5.95. The van der Waals surface area contributed by atoms with Crippen molar-refractivity contribution in [3.8, 4) is 16.9 Å². The summed E-state index contributed by atoms with van der Waals surface area (Å²) in [5.74, 6) is -2.39. The van der Waals surface area contributed by atoms with Crippen LogP contribution in [0.25, 0.3) is 11.1 Å². The molecule has 0 aliphatic rings. The molecule has 0 aliphatic heterocycles. The molecule has 0 saturated carbocycles. The Hall–Kier alpha value is -3.82. The van der Waals surface area contributed by atoms with Crippen molar-refractivity contribution in [2.24, 2.45) is 5.18 Å². The molecule has 0 aliphatic carbocycles. The number of carbonyl (C=O) groups excluding carboxylic acids is 1. The highest BCUT2D eigenvalue weighted by atomic mass is 19.4. The van der Waals surface area contributed by atoms with Gasteiger partial charge in [-0.15, -0.1) is 4.91 Å². The topological polar surface area (TPSA) is 94.6 Å². The molecule has 6 nitrogen and oxygen atoms in total. The van der Waals surface area contributed by atoms with E-state index in [0.29, 0.717) is 11.1 Å². The zero-order valence-electron chi connectivity index (χ0n) is 15.1. The van der Waals surface area contributed by atoms with Gasteiger partial charge in [-0.3, -0.25) is 4.79 Å². The number of alkyl halides is 3. The van der Waals surface area contributed by atoms with Crippen LogP contribution < -0.4 is 10.5 Å². The number of hydrogen-bond acceptors (Lipinski definition) is 5. The number of nitrogen functional groups attached to an aromatic ring is 1. The summed E-state index contributed by atoms with van der Waals surface area (Å²) in [6, 6.07) is 10.3. The standard InChI is InChI=1S/C20H13F4N3O3/c21-15-3-1-2-13(17(15)20(22,23)24)10-30-16-8-14(9-26-18(16)25)11-4-6-12(7-5-11)19(28)27-29/h1-9H,10H2,(H2,25,26). The van der Waals surface area contributed by atoms with Crippen LogP contribution in [0.2, 0.25) is 0 Å². The number of halogens is 4. The number of aromatic nitrogens is 1. The summed E-state index contributed by atoms with van der Waals surface area (Å²) in [5, 5.41) is 2.33. The van der Waals surface area contributed by atoms with Gasteiger partial charge in [0.1, 0.15) is 12.4 Å². The lowest BCUT2D eigenvalue weighted by molar-refractivity contribution is -0.141. The van der Waals surface area contributed by atoms with E-state index in [9.17, 15) is 27.3 Å². The number of nitrogens with zero attached hydrogens (tertiary/aromatic N) is 2. The first-order chi connectivity index (χ1) is 14.2. The number of hydrogen-bond donors (Lipinski definition) is 1. The number of anilines is 1. The third kappa shape index (κ3) is 4.43. The van der Waals surface area contributed by atoms with E-state index >= 15 is 0 Å². The minimum Gasteiger partial charge on any atom is -0.485 e. The molecule has 30 heavy (non-hydrogen) atoms. The second-order valence-electron chi connectivity index (χ2n) is 6.14. The highest BCUT2D eigenvalue weighted by Gasteiger charge is 2.36. The Morgan fingerprint density at radius 1 is 1.10 bits per heavy atom. The third-order valence-corrected chi connectivity index (χ3v) is 4.20. The van der Waals surface area contributed by atoms with Crippen molar-refractivity contribution in [3.63, 3.8) is 0 Å². The van der Waals surface area contributed by atoms with E-state index in [1.165, 1.54) is 36.5 Å². The van der Waals surface area contributed by atoms with Crippen LogP contribution in [0.4, 0.5) is 23.4 Å². The van der Waals surface area contributed by atoms with Gasteiger partial charge in [-0.1, -0.05) is 24.3 Å². The molecule has 3 rings (SSSR count). The van der Waals surface area contributed by atoms with E-state index in [2.05, 4.69) is 10.2 Å². The van der Waals surface area contributed by atoms with E-state index in [0.717, 1.165) is 18.2 Å². The molecule has 1 heterocycles. The van der Waals surface area contributed by atoms with Crippen LogP contribution in [-0.4, -0.2) is 10.9 Å². The van der Waals surface area contributed by atoms with Crippen LogP contribution in [0.15, 0.2) is 59.9 Å². The lowest BCUT2D eigenvalue weighted by atomic mass is 10.0. The summed E-state index contributed by atoms with van der Waals surface area (Å²) in [6.07, 6.45) is -3.48. The molecule has 2 aromatic carbocycles. The average Bonchev–Trinajstić information content (AvgIpc) is 2.71. The second kappa shape index (κ2) is 8.27. The molecule has 1 aromatic heterocycles. The Labute approximate surface area is 167 Å². The van der Waals surface area contributed by atoms with Gasteiger partial charge in [0, 0.05) is 28.1 Å². The van der Waals surface area contributed by atoms with E-state index in [1.807, 2.05) is 0 Å².